The molecule has 2 aromatic carbocycles. The Morgan fingerprint density at radius 2 is 1.55 bits per heavy atom. The normalized spacial score (nSPS) is 22.5. The summed E-state index contributed by atoms with van der Waals surface area (Å²) in [7, 11) is 0. The number of allylic oxidation sites excluding steroid dienone is 1. The first-order valence-corrected chi connectivity index (χ1v) is 11.5. The Morgan fingerprint density at radius 3 is 1.97 bits per heavy atom. The van der Waals surface area contributed by atoms with E-state index in [1.54, 1.807) is 6.08 Å². The molecule has 3 nitrogen and oxygen atoms in total. The molecule has 0 amide bonds. The van der Waals surface area contributed by atoms with Crippen LogP contribution < -0.4 is 0 Å². The molecule has 0 aromatic heterocycles. The van der Waals surface area contributed by atoms with E-state index in [4.69, 9.17) is 4.74 Å². The standard InChI is InChI=1S/C25H33NO2.C3H6/c1-4-22-16-23(17-25(22,3)24(27)28-5-2)26(18-20-12-8-6-9-13-20)19-21-14-10-7-11-15-21;1-3-2/h6-15,22-23H,4-5,16-19H2,1-3H3;3H,1H2,2H3/t22-,23+,25?;/m0./s1. The second-order valence-electron chi connectivity index (χ2n) is 8.62. The van der Waals surface area contributed by atoms with Gasteiger partial charge in [0.2, 0.25) is 0 Å². The van der Waals surface area contributed by atoms with Crippen LogP contribution in [0.15, 0.2) is 73.3 Å². The zero-order valence-electron chi connectivity index (χ0n) is 19.7. The molecule has 0 radical (unpaired) electrons. The van der Waals surface area contributed by atoms with Gasteiger partial charge in [-0.1, -0.05) is 80.1 Å². The van der Waals surface area contributed by atoms with Crippen LogP contribution in [-0.4, -0.2) is 23.5 Å². The highest BCUT2D eigenvalue weighted by Gasteiger charge is 2.50. The molecule has 0 spiro atoms. The monoisotopic (exact) mass is 421 g/mol. The fourth-order valence-electron chi connectivity index (χ4n) is 4.72. The van der Waals surface area contributed by atoms with E-state index in [0.717, 1.165) is 32.4 Å². The van der Waals surface area contributed by atoms with Gasteiger partial charge in [0.1, 0.15) is 0 Å². The fraction of sp³-hybridized carbons (Fsp3) is 0.464. The summed E-state index contributed by atoms with van der Waals surface area (Å²) < 4.78 is 5.47. The quantitative estimate of drug-likeness (QED) is 0.353. The lowest BCUT2D eigenvalue weighted by molar-refractivity contribution is -0.156. The van der Waals surface area contributed by atoms with Crippen LogP contribution in [0.4, 0.5) is 0 Å². The van der Waals surface area contributed by atoms with Gasteiger partial charge in [-0.2, -0.15) is 0 Å². The average molecular weight is 422 g/mol. The van der Waals surface area contributed by atoms with Gasteiger partial charge >= 0.3 is 5.97 Å². The first-order valence-electron chi connectivity index (χ1n) is 11.5. The highest BCUT2D eigenvalue weighted by molar-refractivity contribution is 5.77. The molecule has 168 valence electrons. The molecule has 3 rings (SSSR count). The van der Waals surface area contributed by atoms with Crippen LogP contribution in [0.3, 0.4) is 0 Å². The van der Waals surface area contributed by atoms with Crippen LogP contribution in [0, 0.1) is 11.3 Å². The maximum atomic E-state index is 12.8. The Kier molecular flexibility index (Phi) is 10.00. The molecular formula is C28H39NO2. The average Bonchev–Trinajstić information content (AvgIpc) is 3.13. The summed E-state index contributed by atoms with van der Waals surface area (Å²) in [6, 6.07) is 21.7. The number of rotatable bonds is 8. The number of nitrogens with zero attached hydrogens (tertiary/aromatic N) is 1. The second-order valence-corrected chi connectivity index (χ2v) is 8.62. The van der Waals surface area contributed by atoms with Gasteiger partial charge in [0.25, 0.3) is 0 Å². The largest absolute Gasteiger partial charge is 0.466 e. The maximum Gasteiger partial charge on any atom is 0.312 e. The Labute approximate surface area is 189 Å². The van der Waals surface area contributed by atoms with Crippen LogP contribution in [0.5, 0.6) is 0 Å². The van der Waals surface area contributed by atoms with Gasteiger partial charge in [-0.15, -0.1) is 6.58 Å². The van der Waals surface area contributed by atoms with Gasteiger partial charge in [0.15, 0.2) is 0 Å². The molecule has 0 bridgehead atoms. The van der Waals surface area contributed by atoms with Crippen LogP contribution in [0.25, 0.3) is 0 Å². The SMILES string of the molecule is C=CC.CCOC(=O)C1(C)C[C@H](N(Cc2ccccc2)Cc2ccccc2)C[C@@H]1CC. The van der Waals surface area contributed by atoms with Crippen molar-refractivity contribution in [2.24, 2.45) is 11.3 Å². The smallest absolute Gasteiger partial charge is 0.312 e. The minimum atomic E-state index is -0.388. The lowest BCUT2D eigenvalue weighted by Crippen LogP contribution is -2.36. The molecule has 0 aliphatic heterocycles. The van der Waals surface area contributed by atoms with Crippen molar-refractivity contribution in [1.82, 2.24) is 4.90 Å². The van der Waals surface area contributed by atoms with Crippen molar-refractivity contribution < 1.29 is 9.53 Å². The van der Waals surface area contributed by atoms with Crippen molar-refractivity contribution in [2.45, 2.75) is 66.1 Å². The summed E-state index contributed by atoms with van der Waals surface area (Å²) in [5.74, 6) is 0.342. The Bertz CT molecular complexity index is 748. The van der Waals surface area contributed by atoms with Crippen molar-refractivity contribution >= 4 is 5.97 Å². The van der Waals surface area contributed by atoms with E-state index in [9.17, 15) is 4.79 Å². The van der Waals surface area contributed by atoms with Crippen LogP contribution in [-0.2, 0) is 22.6 Å². The molecule has 1 unspecified atom stereocenters. The zero-order chi connectivity index (χ0) is 22.7. The molecule has 3 heteroatoms. The van der Waals surface area contributed by atoms with Crippen molar-refractivity contribution in [3.8, 4) is 0 Å². The molecule has 3 atom stereocenters. The van der Waals surface area contributed by atoms with E-state index < -0.39 is 0 Å². The molecule has 31 heavy (non-hydrogen) atoms. The van der Waals surface area contributed by atoms with E-state index in [2.05, 4.69) is 86.0 Å². The number of hydrogen-bond acceptors (Lipinski definition) is 3. The lowest BCUT2D eigenvalue weighted by Gasteiger charge is -2.31. The minimum absolute atomic E-state index is 0.0243. The number of carbonyl (C=O) groups excluding carboxylic acids is 1. The summed E-state index contributed by atoms with van der Waals surface area (Å²) in [5.41, 5.74) is 2.24. The van der Waals surface area contributed by atoms with Crippen molar-refractivity contribution in [1.29, 1.82) is 0 Å². The van der Waals surface area contributed by atoms with E-state index in [0.29, 0.717) is 18.6 Å². The third-order valence-corrected chi connectivity index (χ3v) is 6.33. The third kappa shape index (κ3) is 6.80. The van der Waals surface area contributed by atoms with E-state index in [1.807, 2.05) is 13.8 Å². The summed E-state index contributed by atoms with van der Waals surface area (Å²) in [4.78, 5) is 15.3. The van der Waals surface area contributed by atoms with Crippen molar-refractivity contribution in [3.63, 3.8) is 0 Å². The van der Waals surface area contributed by atoms with Crippen LogP contribution in [0.1, 0.15) is 58.1 Å². The molecule has 0 saturated heterocycles. The van der Waals surface area contributed by atoms with Crippen molar-refractivity contribution in [2.75, 3.05) is 6.61 Å². The summed E-state index contributed by atoms with van der Waals surface area (Å²) >= 11 is 0. The number of esters is 1. The summed E-state index contributed by atoms with van der Waals surface area (Å²) in [5, 5.41) is 0. The molecule has 0 heterocycles. The first-order chi connectivity index (χ1) is 15.0. The summed E-state index contributed by atoms with van der Waals surface area (Å²) in [6.45, 7) is 13.7. The molecule has 1 saturated carbocycles. The highest BCUT2D eigenvalue weighted by Crippen LogP contribution is 2.48. The van der Waals surface area contributed by atoms with Gasteiger partial charge in [0, 0.05) is 19.1 Å². The molecule has 1 fully saturated rings. The fourth-order valence-corrected chi connectivity index (χ4v) is 4.72. The highest BCUT2D eigenvalue weighted by atomic mass is 16.5. The van der Waals surface area contributed by atoms with Crippen LogP contribution >= 0.6 is 0 Å². The molecular weight excluding hydrogens is 382 g/mol. The van der Waals surface area contributed by atoms with Gasteiger partial charge in [-0.3, -0.25) is 9.69 Å². The molecule has 1 aliphatic carbocycles. The number of carbonyl (C=O) groups is 1. The zero-order valence-corrected chi connectivity index (χ0v) is 19.7. The third-order valence-electron chi connectivity index (χ3n) is 6.33. The first kappa shape index (κ1) is 24.9. The number of benzene rings is 2. The molecule has 2 aromatic rings. The minimum Gasteiger partial charge on any atom is -0.466 e. The second kappa shape index (κ2) is 12.5. The van der Waals surface area contributed by atoms with E-state index in [1.165, 1.54) is 11.1 Å². The Morgan fingerprint density at radius 1 is 1.06 bits per heavy atom. The summed E-state index contributed by atoms with van der Waals surface area (Å²) in [6.07, 6.45) is 4.67. The Hall–Kier alpha value is -2.39. The predicted octanol–water partition coefficient (Wildman–Crippen LogP) is 6.64. The van der Waals surface area contributed by atoms with Gasteiger partial charge in [-0.25, -0.2) is 0 Å². The topological polar surface area (TPSA) is 29.5 Å². The van der Waals surface area contributed by atoms with E-state index >= 15 is 0 Å². The van der Waals surface area contributed by atoms with Gasteiger partial charge in [0.05, 0.1) is 12.0 Å². The maximum absolute atomic E-state index is 12.8. The molecule has 0 N–H and O–H groups in total. The van der Waals surface area contributed by atoms with Crippen molar-refractivity contribution in [3.05, 3.63) is 84.4 Å². The number of ether oxygens (including phenoxy) is 1. The number of hydrogen-bond donors (Lipinski definition) is 0. The predicted molar refractivity (Wildman–Crippen MR) is 130 cm³/mol. The molecule has 1 aliphatic rings. The van der Waals surface area contributed by atoms with Gasteiger partial charge < -0.3 is 4.74 Å². The van der Waals surface area contributed by atoms with Gasteiger partial charge in [-0.05, 0) is 50.7 Å². The lowest BCUT2D eigenvalue weighted by atomic mass is 9.78. The van der Waals surface area contributed by atoms with Crippen LogP contribution in [0.2, 0.25) is 0 Å². The van der Waals surface area contributed by atoms with E-state index in [-0.39, 0.29) is 11.4 Å². The Balaban J connectivity index is 0.00000107.